The Kier molecular flexibility index (Phi) is 5.53. The third kappa shape index (κ3) is 4.42. The van der Waals surface area contributed by atoms with Crippen molar-refractivity contribution in [2.45, 2.75) is 19.4 Å². The maximum atomic E-state index is 10.8. The van der Waals surface area contributed by atoms with Gasteiger partial charge in [0.05, 0.1) is 0 Å². The van der Waals surface area contributed by atoms with Crippen LogP contribution < -0.4 is 11.1 Å². The molecule has 0 unspecified atom stereocenters. The van der Waals surface area contributed by atoms with Gasteiger partial charge in [0.25, 0.3) is 0 Å². The minimum Gasteiger partial charge on any atom is -0.396 e. The van der Waals surface area contributed by atoms with Crippen molar-refractivity contribution in [1.29, 1.82) is 0 Å². The van der Waals surface area contributed by atoms with E-state index in [9.17, 15) is 4.79 Å². The summed E-state index contributed by atoms with van der Waals surface area (Å²) in [4.78, 5) is 10.8. The lowest BCUT2D eigenvalue weighted by Gasteiger charge is -2.04. The normalized spacial score (nSPS) is 10.3. The summed E-state index contributed by atoms with van der Waals surface area (Å²) >= 11 is 0. The first-order valence-electron chi connectivity index (χ1n) is 5.44. The molecule has 4 nitrogen and oxygen atoms in total. The topological polar surface area (TPSA) is 75.4 Å². The summed E-state index contributed by atoms with van der Waals surface area (Å²) in [5, 5.41) is 11.9. The number of aliphatic hydroxyl groups excluding tert-OH is 1. The highest BCUT2D eigenvalue weighted by Gasteiger charge is 1.99. The number of rotatable bonds is 7. The molecule has 0 aliphatic heterocycles. The smallest absolute Gasteiger partial charge is 0.248 e. The molecule has 0 aliphatic rings. The lowest BCUT2D eigenvalue weighted by molar-refractivity contribution is 0.100. The van der Waals surface area contributed by atoms with Gasteiger partial charge in [0.1, 0.15) is 0 Å². The minimum absolute atomic E-state index is 0.245. The summed E-state index contributed by atoms with van der Waals surface area (Å²) in [7, 11) is 0. The third-order valence-corrected chi connectivity index (χ3v) is 2.33. The quantitative estimate of drug-likeness (QED) is 0.593. The molecule has 1 aromatic rings. The standard InChI is InChI=1S/C12H18N2O2/c13-12(16)11-5-3-10(4-6-11)9-14-7-1-2-8-15/h3-6,14-15H,1-2,7-9H2,(H2,13,16). The zero-order valence-corrected chi connectivity index (χ0v) is 9.28. The first-order chi connectivity index (χ1) is 7.74. The molecule has 0 atom stereocenters. The van der Waals surface area contributed by atoms with Gasteiger partial charge in [-0.25, -0.2) is 0 Å². The lowest BCUT2D eigenvalue weighted by atomic mass is 10.1. The van der Waals surface area contributed by atoms with Crippen LogP contribution in [0.2, 0.25) is 0 Å². The first-order valence-corrected chi connectivity index (χ1v) is 5.44. The Balaban J connectivity index is 2.29. The fraction of sp³-hybridized carbons (Fsp3) is 0.417. The van der Waals surface area contributed by atoms with E-state index in [2.05, 4.69) is 5.32 Å². The number of benzene rings is 1. The fourth-order valence-electron chi connectivity index (χ4n) is 1.38. The average Bonchev–Trinajstić information content (AvgIpc) is 2.29. The Morgan fingerprint density at radius 3 is 2.50 bits per heavy atom. The zero-order valence-electron chi connectivity index (χ0n) is 9.28. The maximum Gasteiger partial charge on any atom is 0.248 e. The van der Waals surface area contributed by atoms with Crippen molar-refractivity contribution >= 4 is 5.91 Å². The van der Waals surface area contributed by atoms with Gasteiger partial charge in [0.2, 0.25) is 5.91 Å². The predicted molar refractivity (Wildman–Crippen MR) is 63.0 cm³/mol. The summed E-state index contributed by atoms with van der Waals surface area (Å²) < 4.78 is 0. The number of unbranched alkanes of at least 4 members (excludes halogenated alkanes) is 1. The van der Waals surface area contributed by atoms with Crippen LogP contribution in [0.3, 0.4) is 0 Å². The van der Waals surface area contributed by atoms with Crippen LogP contribution in [0.25, 0.3) is 0 Å². The summed E-state index contributed by atoms with van der Waals surface area (Å²) in [5.41, 5.74) is 6.79. The molecule has 4 N–H and O–H groups in total. The monoisotopic (exact) mass is 222 g/mol. The Morgan fingerprint density at radius 1 is 1.25 bits per heavy atom. The summed E-state index contributed by atoms with van der Waals surface area (Å²) in [6.45, 7) is 1.90. The molecule has 4 heteroatoms. The molecule has 1 aromatic carbocycles. The molecule has 16 heavy (non-hydrogen) atoms. The zero-order chi connectivity index (χ0) is 11.8. The summed E-state index contributed by atoms with van der Waals surface area (Å²) in [6.07, 6.45) is 1.80. The molecule has 0 saturated carbocycles. The summed E-state index contributed by atoms with van der Waals surface area (Å²) in [5.74, 6) is -0.401. The maximum absolute atomic E-state index is 10.8. The Labute approximate surface area is 95.5 Å². The van der Waals surface area contributed by atoms with E-state index in [1.54, 1.807) is 12.1 Å². The van der Waals surface area contributed by atoms with E-state index >= 15 is 0 Å². The van der Waals surface area contributed by atoms with Crippen LogP contribution in [0.5, 0.6) is 0 Å². The second-order valence-electron chi connectivity index (χ2n) is 3.67. The molecule has 0 spiro atoms. The van der Waals surface area contributed by atoms with E-state index in [1.165, 1.54) is 0 Å². The molecule has 1 rings (SSSR count). The van der Waals surface area contributed by atoms with Crippen LogP contribution in [0.4, 0.5) is 0 Å². The number of amides is 1. The van der Waals surface area contributed by atoms with Gasteiger partial charge in [-0.3, -0.25) is 4.79 Å². The highest BCUT2D eigenvalue weighted by molar-refractivity contribution is 5.92. The SMILES string of the molecule is NC(=O)c1ccc(CNCCCCO)cc1. The molecule has 1 amide bonds. The van der Waals surface area contributed by atoms with E-state index in [0.717, 1.165) is 31.5 Å². The Hall–Kier alpha value is -1.39. The van der Waals surface area contributed by atoms with Crippen LogP contribution in [0, 0.1) is 0 Å². The van der Waals surface area contributed by atoms with E-state index in [0.29, 0.717) is 5.56 Å². The number of primary amides is 1. The number of hydrogen-bond acceptors (Lipinski definition) is 3. The predicted octanol–water partition coefficient (Wildman–Crippen LogP) is 0.648. The van der Waals surface area contributed by atoms with Gasteiger partial charge in [-0.05, 0) is 37.1 Å². The molecule has 0 aliphatic carbocycles. The van der Waals surface area contributed by atoms with E-state index in [4.69, 9.17) is 10.8 Å². The number of carbonyl (C=O) groups is 1. The molecule has 88 valence electrons. The second kappa shape index (κ2) is 6.98. The van der Waals surface area contributed by atoms with Gasteiger partial charge in [0, 0.05) is 18.7 Å². The van der Waals surface area contributed by atoms with Gasteiger partial charge in [0.15, 0.2) is 0 Å². The average molecular weight is 222 g/mol. The Morgan fingerprint density at radius 2 is 1.94 bits per heavy atom. The van der Waals surface area contributed by atoms with Crippen molar-refractivity contribution in [3.05, 3.63) is 35.4 Å². The molecule has 0 saturated heterocycles. The molecule has 0 radical (unpaired) electrons. The van der Waals surface area contributed by atoms with Crippen molar-refractivity contribution in [2.24, 2.45) is 5.73 Å². The molecule has 0 bridgehead atoms. The molecule has 0 heterocycles. The lowest BCUT2D eigenvalue weighted by Crippen LogP contribution is -2.15. The van der Waals surface area contributed by atoms with Crippen LogP contribution in [-0.4, -0.2) is 24.2 Å². The van der Waals surface area contributed by atoms with Crippen molar-refractivity contribution < 1.29 is 9.90 Å². The van der Waals surface area contributed by atoms with Crippen LogP contribution >= 0.6 is 0 Å². The van der Waals surface area contributed by atoms with Crippen LogP contribution in [-0.2, 0) is 6.54 Å². The van der Waals surface area contributed by atoms with Gasteiger partial charge >= 0.3 is 0 Å². The van der Waals surface area contributed by atoms with Crippen LogP contribution in [0.1, 0.15) is 28.8 Å². The minimum atomic E-state index is -0.401. The van der Waals surface area contributed by atoms with Crippen molar-refractivity contribution in [3.8, 4) is 0 Å². The highest BCUT2D eigenvalue weighted by atomic mass is 16.2. The summed E-state index contributed by atoms with van der Waals surface area (Å²) in [6, 6.07) is 7.23. The second-order valence-corrected chi connectivity index (χ2v) is 3.67. The number of nitrogens with one attached hydrogen (secondary N) is 1. The number of carbonyl (C=O) groups excluding carboxylic acids is 1. The highest BCUT2D eigenvalue weighted by Crippen LogP contribution is 2.03. The molecular weight excluding hydrogens is 204 g/mol. The van der Waals surface area contributed by atoms with E-state index < -0.39 is 5.91 Å². The van der Waals surface area contributed by atoms with Crippen LogP contribution in [0.15, 0.2) is 24.3 Å². The number of hydrogen-bond donors (Lipinski definition) is 3. The fourth-order valence-corrected chi connectivity index (χ4v) is 1.38. The number of aliphatic hydroxyl groups is 1. The number of nitrogens with two attached hydrogens (primary N) is 1. The largest absolute Gasteiger partial charge is 0.396 e. The van der Waals surface area contributed by atoms with E-state index in [1.807, 2.05) is 12.1 Å². The van der Waals surface area contributed by atoms with Crippen molar-refractivity contribution in [3.63, 3.8) is 0 Å². The van der Waals surface area contributed by atoms with E-state index in [-0.39, 0.29) is 6.61 Å². The van der Waals surface area contributed by atoms with Crippen molar-refractivity contribution in [2.75, 3.05) is 13.2 Å². The third-order valence-electron chi connectivity index (χ3n) is 2.33. The Bertz CT molecular complexity index is 322. The molecule has 0 fully saturated rings. The molecule has 0 aromatic heterocycles. The van der Waals surface area contributed by atoms with Gasteiger partial charge in [-0.1, -0.05) is 12.1 Å². The first kappa shape index (κ1) is 12.7. The molecular formula is C12H18N2O2. The van der Waals surface area contributed by atoms with Gasteiger partial charge in [-0.15, -0.1) is 0 Å². The van der Waals surface area contributed by atoms with Crippen molar-refractivity contribution in [1.82, 2.24) is 5.32 Å². The van der Waals surface area contributed by atoms with Gasteiger partial charge in [-0.2, -0.15) is 0 Å². The van der Waals surface area contributed by atoms with Gasteiger partial charge < -0.3 is 16.2 Å².